The number of amides is 4. The number of halogens is 3. The SMILES string of the molecule is CCN1C(=O)N[C@H](c2ccccc2C(F)(F)F)C2=C1CN([C@H](CC(C)C)C(=O)NCCC(C)C)C2=O. The number of urea groups is 1. The molecule has 0 saturated heterocycles. The van der Waals surface area contributed by atoms with Gasteiger partial charge in [0, 0.05) is 13.1 Å². The Labute approximate surface area is 210 Å². The summed E-state index contributed by atoms with van der Waals surface area (Å²) in [6, 6.07) is 2.29. The molecule has 0 spiro atoms. The maximum atomic E-state index is 13.8. The van der Waals surface area contributed by atoms with E-state index in [1.165, 1.54) is 28.0 Å². The fraction of sp³-hybridized carbons (Fsp3) is 0.577. The van der Waals surface area contributed by atoms with E-state index in [0.29, 0.717) is 24.6 Å². The van der Waals surface area contributed by atoms with Crippen LogP contribution in [-0.4, -0.2) is 53.3 Å². The average molecular weight is 509 g/mol. The lowest BCUT2D eigenvalue weighted by Gasteiger charge is -2.33. The second kappa shape index (κ2) is 10.9. The number of likely N-dealkylation sites (N-methyl/N-ethyl adjacent to an activating group) is 1. The Morgan fingerprint density at radius 3 is 2.39 bits per heavy atom. The van der Waals surface area contributed by atoms with Crippen LogP contribution < -0.4 is 10.6 Å². The van der Waals surface area contributed by atoms with Crippen molar-refractivity contribution in [2.75, 3.05) is 19.6 Å². The number of carbonyl (C=O) groups is 3. The van der Waals surface area contributed by atoms with Gasteiger partial charge in [-0.1, -0.05) is 45.9 Å². The molecule has 0 radical (unpaired) electrons. The molecule has 198 valence electrons. The van der Waals surface area contributed by atoms with Crippen LogP contribution in [0.15, 0.2) is 35.5 Å². The van der Waals surface area contributed by atoms with Gasteiger partial charge in [0.25, 0.3) is 5.91 Å². The molecule has 2 N–H and O–H groups in total. The van der Waals surface area contributed by atoms with Crippen molar-refractivity contribution in [3.05, 3.63) is 46.7 Å². The van der Waals surface area contributed by atoms with Gasteiger partial charge in [-0.3, -0.25) is 14.5 Å². The first-order valence-electron chi connectivity index (χ1n) is 12.4. The summed E-state index contributed by atoms with van der Waals surface area (Å²) >= 11 is 0. The first-order valence-corrected chi connectivity index (χ1v) is 12.4. The zero-order valence-corrected chi connectivity index (χ0v) is 21.4. The second-order valence-electron chi connectivity index (χ2n) is 10.1. The van der Waals surface area contributed by atoms with Gasteiger partial charge in [0.1, 0.15) is 6.04 Å². The van der Waals surface area contributed by atoms with Crippen LogP contribution in [0.3, 0.4) is 0 Å². The minimum absolute atomic E-state index is 0.0188. The van der Waals surface area contributed by atoms with Gasteiger partial charge in [0.05, 0.1) is 29.4 Å². The molecular formula is C26H35F3N4O3. The second-order valence-corrected chi connectivity index (χ2v) is 10.1. The van der Waals surface area contributed by atoms with E-state index in [1.807, 2.05) is 27.7 Å². The third-order valence-electron chi connectivity index (χ3n) is 6.54. The Morgan fingerprint density at radius 2 is 1.81 bits per heavy atom. The fourth-order valence-corrected chi connectivity index (χ4v) is 4.76. The normalized spacial score (nSPS) is 19.2. The molecule has 0 fully saturated rings. The van der Waals surface area contributed by atoms with Crippen LogP contribution in [0.5, 0.6) is 0 Å². The highest BCUT2D eigenvalue weighted by Crippen LogP contribution is 2.42. The third-order valence-corrected chi connectivity index (χ3v) is 6.54. The molecular weight excluding hydrogens is 473 g/mol. The number of nitrogens with one attached hydrogen (secondary N) is 2. The van der Waals surface area contributed by atoms with E-state index in [-0.39, 0.29) is 36.1 Å². The van der Waals surface area contributed by atoms with Gasteiger partial charge >= 0.3 is 12.2 Å². The maximum Gasteiger partial charge on any atom is 0.416 e. The van der Waals surface area contributed by atoms with Gasteiger partial charge in [-0.2, -0.15) is 13.2 Å². The van der Waals surface area contributed by atoms with Crippen LogP contribution in [-0.2, 0) is 15.8 Å². The predicted octanol–water partition coefficient (Wildman–Crippen LogP) is 4.46. The van der Waals surface area contributed by atoms with Crippen molar-refractivity contribution in [2.24, 2.45) is 11.8 Å². The average Bonchev–Trinajstić information content (AvgIpc) is 3.12. The quantitative estimate of drug-likeness (QED) is 0.517. The lowest BCUT2D eigenvalue weighted by molar-refractivity contribution is -0.139. The molecule has 10 heteroatoms. The highest BCUT2D eigenvalue weighted by atomic mass is 19.4. The molecule has 7 nitrogen and oxygen atoms in total. The summed E-state index contributed by atoms with van der Waals surface area (Å²) in [6.45, 7) is 10.4. The number of benzene rings is 1. The van der Waals surface area contributed by atoms with Crippen LogP contribution in [0.2, 0.25) is 0 Å². The predicted molar refractivity (Wildman–Crippen MR) is 130 cm³/mol. The van der Waals surface area contributed by atoms with Crippen LogP contribution in [0.25, 0.3) is 0 Å². The van der Waals surface area contributed by atoms with Crippen molar-refractivity contribution >= 4 is 17.8 Å². The van der Waals surface area contributed by atoms with Gasteiger partial charge in [0.2, 0.25) is 5.91 Å². The Hall–Kier alpha value is -3.04. The first-order chi connectivity index (χ1) is 16.9. The van der Waals surface area contributed by atoms with Crippen molar-refractivity contribution in [3.8, 4) is 0 Å². The smallest absolute Gasteiger partial charge is 0.354 e. The largest absolute Gasteiger partial charge is 0.416 e. The van der Waals surface area contributed by atoms with Gasteiger partial charge in [-0.25, -0.2) is 4.79 Å². The lowest BCUT2D eigenvalue weighted by Crippen LogP contribution is -2.49. The number of hydrogen-bond donors (Lipinski definition) is 2. The summed E-state index contributed by atoms with van der Waals surface area (Å²) in [5.41, 5.74) is -0.684. The minimum atomic E-state index is -4.66. The standard InChI is InChI=1S/C26H35F3N4O3/c1-6-32-20-14-33(19(13-16(4)5)23(34)30-12-11-15(2)3)24(35)21(20)22(31-25(32)36)17-9-7-8-10-18(17)26(27,28)29/h7-10,15-16,19,22H,6,11-14H2,1-5H3,(H,30,34)(H,31,36)/t19-,22-/m1/s1. The summed E-state index contributed by atoms with van der Waals surface area (Å²) in [4.78, 5) is 42.6. The fourth-order valence-electron chi connectivity index (χ4n) is 4.76. The molecule has 0 aliphatic carbocycles. The highest BCUT2D eigenvalue weighted by molar-refractivity contribution is 6.03. The van der Waals surface area contributed by atoms with Gasteiger partial charge in [-0.05, 0) is 43.2 Å². The molecule has 2 aliphatic rings. The van der Waals surface area contributed by atoms with Gasteiger partial charge in [-0.15, -0.1) is 0 Å². The van der Waals surface area contributed by atoms with E-state index >= 15 is 0 Å². The molecule has 0 aromatic heterocycles. The zero-order chi connectivity index (χ0) is 26.8. The van der Waals surface area contributed by atoms with Crippen LogP contribution in [0.4, 0.5) is 18.0 Å². The van der Waals surface area contributed by atoms with E-state index in [2.05, 4.69) is 10.6 Å². The Morgan fingerprint density at radius 1 is 1.14 bits per heavy atom. The first kappa shape index (κ1) is 27.5. The highest BCUT2D eigenvalue weighted by Gasteiger charge is 2.48. The van der Waals surface area contributed by atoms with Crippen molar-refractivity contribution in [2.45, 2.75) is 65.7 Å². The molecule has 2 aliphatic heterocycles. The maximum absolute atomic E-state index is 13.8. The molecule has 0 bridgehead atoms. The number of carbonyl (C=O) groups excluding carboxylic acids is 3. The van der Waals surface area contributed by atoms with E-state index in [1.54, 1.807) is 6.92 Å². The summed E-state index contributed by atoms with van der Waals surface area (Å²) in [7, 11) is 0. The van der Waals surface area contributed by atoms with Crippen LogP contribution >= 0.6 is 0 Å². The Balaban J connectivity index is 2.02. The van der Waals surface area contributed by atoms with Gasteiger partial charge < -0.3 is 15.5 Å². The summed E-state index contributed by atoms with van der Waals surface area (Å²) < 4.78 is 41.5. The Bertz CT molecular complexity index is 1040. The summed E-state index contributed by atoms with van der Waals surface area (Å²) in [6.07, 6.45) is -3.50. The van der Waals surface area contributed by atoms with Crippen molar-refractivity contribution < 1.29 is 27.6 Å². The minimum Gasteiger partial charge on any atom is -0.354 e. The molecule has 0 unspecified atom stereocenters. The lowest BCUT2D eigenvalue weighted by atomic mass is 9.91. The number of hydrogen-bond acceptors (Lipinski definition) is 3. The molecule has 4 amide bonds. The third kappa shape index (κ3) is 5.68. The van der Waals surface area contributed by atoms with Crippen LogP contribution in [0, 0.1) is 11.8 Å². The molecule has 36 heavy (non-hydrogen) atoms. The van der Waals surface area contributed by atoms with E-state index < -0.39 is 35.8 Å². The molecule has 1 aromatic carbocycles. The number of alkyl halides is 3. The van der Waals surface area contributed by atoms with Gasteiger partial charge in [0.15, 0.2) is 0 Å². The number of rotatable bonds is 9. The molecule has 3 rings (SSSR count). The van der Waals surface area contributed by atoms with Crippen molar-refractivity contribution in [1.29, 1.82) is 0 Å². The van der Waals surface area contributed by atoms with Crippen LogP contribution in [0.1, 0.15) is 64.6 Å². The molecule has 2 heterocycles. The molecule has 1 aromatic rings. The molecule has 0 saturated carbocycles. The van der Waals surface area contributed by atoms with Crippen molar-refractivity contribution in [3.63, 3.8) is 0 Å². The topological polar surface area (TPSA) is 81.8 Å². The summed E-state index contributed by atoms with van der Waals surface area (Å²) in [5, 5.41) is 5.51. The van der Waals surface area contributed by atoms with E-state index in [4.69, 9.17) is 0 Å². The molecule has 2 atom stereocenters. The number of nitrogens with zero attached hydrogens (tertiary/aromatic N) is 2. The monoisotopic (exact) mass is 508 g/mol. The Kier molecular flexibility index (Phi) is 8.36. The van der Waals surface area contributed by atoms with E-state index in [9.17, 15) is 27.6 Å². The summed E-state index contributed by atoms with van der Waals surface area (Å²) in [5.74, 6) is -0.358. The zero-order valence-electron chi connectivity index (χ0n) is 21.4. The van der Waals surface area contributed by atoms with Crippen molar-refractivity contribution in [1.82, 2.24) is 20.4 Å². The van der Waals surface area contributed by atoms with E-state index in [0.717, 1.165) is 12.5 Å².